The molecule has 0 bridgehead atoms. The van der Waals surface area contributed by atoms with E-state index in [0.717, 1.165) is 12.1 Å². The number of aromatic nitrogens is 2. The van der Waals surface area contributed by atoms with Crippen LogP contribution in [0.15, 0.2) is 53.1 Å². The van der Waals surface area contributed by atoms with Crippen molar-refractivity contribution in [3.05, 3.63) is 60.0 Å². The maximum Gasteiger partial charge on any atom is 0.416 e. The topological polar surface area (TPSA) is 97.1 Å². The lowest BCUT2D eigenvalue weighted by molar-refractivity contribution is -0.137. The van der Waals surface area contributed by atoms with E-state index in [1.165, 1.54) is 19.1 Å². The van der Waals surface area contributed by atoms with Crippen LogP contribution in [0.3, 0.4) is 0 Å². The number of halogens is 3. The third kappa shape index (κ3) is 5.66. The Hall–Kier alpha value is -3.69. The summed E-state index contributed by atoms with van der Waals surface area (Å²) in [4.78, 5) is 27.3. The lowest BCUT2D eigenvalue weighted by Gasteiger charge is -2.07. The highest BCUT2D eigenvalue weighted by atomic mass is 19.4. The molecule has 0 aliphatic rings. The zero-order chi connectivity index (χ0) is 21.7. The molecule has 0 saturated heterocycles. The first-order valence-corrected chi connectivity index (χ1v) is 8.88. The monoisotopic (exact) mass is 418 g/mol. The van der Waals surface area contributed by atoms with Crippen LogP contribution in [-0.4, -0.2) is 22.0 Å². The number of rotatable bonds is 6. The Bertz CT molecular complexity index is 1060. The van der Waals surface area contributed by atoms with Gasteiger partial charge in [0.25, 0.3) is 0 Å². The highest BCUT2D eigenvalue weighted by molar-refractivity contribution is 5.93. The number of hydrogen-bond donors (Lipinski definition) is 2. The van der Waals surface area contributed by atoms with Crippen molar-refractivity contribution in [1.29, 1.82) is 0 Å². The molecular weight excluding hydrogens is 401 g/mol. The Kier molecular flexibility index (Phi) is 6.14. The van der Waals surface area contributed by atoms with Crippen molar-refractivity contribution in [2.75, 3.05) is 10.6 Å². The van der Waals surface area contributed by atoms with Crippen molar-refractivity contribution in [2.45, 2.75) is 25.9 Å². The number of carbonyl (C=O) groups excluding carboxylic acids is 2. The minimum Gasteiger partial charge on any atom is -0.339 e. The van der Waals surface area contributed by atoms with E-state index in [-0.39, 0.29) is 41.9 Å². The molecule has 2 N–H and O–H groups in total. The summed E-state index contributed by atoms with van der Waals surface area (Å²) in [5.74, 6) is -0.413. The van der Waals surface area contributed by atoms with E-state index in [9.17, 15) is 22.8 Å². The fourth-order valence-corrected chi connectivity index (χ4v) is 2.63. The number of amides is 2. The van der Waals surface area contributed by atoms with Crippen LogP contribution >= 0.6 is 0 Å². The molecule has 0 aliphatic carbocycles. The van der Waals surface area contributed by atoms with Gasteiger partial charge < -0.3 is 15.2 Å². The van der Waals surface area contributed by atoms with E-state index >= 15 is 0 Å². The van der Waals surface area contributed by atoms with Gasteiger partial charge in [-0.2, -0.15) is 18.2 Å². The van der Waals surface area contributed by atoms with Gasteiger partial charge in [-0.25, -0.2) is 0 Å². The van der Waals surface area contributed by atoms with Gasteiger partial charge in [-0.1, -0.05) is 23.4 Å². The van der Waals surface area contributed by atoms with E-state index in [0.29, 0.717) is 11.4 Å². The first-order valence-electron chi connectivity index (χ1n) is 8.88. The third-order valence-electron chi connectivity index (χ3n) is 3.95. The Morgan fingerprint density at radius 1 is 1.03 bits per heavy atom. The average Bonchev–Trinajstić information content (AvgIpc) is 3.15. The Balaban J connectivity index is 1.59. The zero-order valence-electron chi connectivity index (χ0n) is 15.8. The number of carbonyl (C=O) groups is 2. The first kappa shape index (κ1) is 21.0. The molecule has 156 valence electrons. The average molecular weight is 418 g/mol. The fraction of sp³-hybridized carbons (Fsp3) is 0.200. The van der Waals surface area contributed by atoms with Crippen LogP contribution in [0.25, 0.3) is 11.4 Å². The molecule has 0 unspecified atom stereocenters. The fourth-order valence-electron chi connectivity index (χ4n) is 2.63. The minimum absolute atomic E-state index is 0.0134. The molecule has 0 spiro atoms. The molecule has 0 aliphatic heterocycles. The number of alkyl halides is 3. The van der Waals surface area contributed by atoms with Gasteiger partial charge >= 0.3 is 6.18 Å². The number of hydrogen-bond acceptors (Lipinski definition) is 5. The SMILES string of the molecule is CC(=O)Nc1cccc(NC(=O)CCc2nc(-c3cccc(C(F)(F)F)c3)no2)c1. The van der Waals surface area contributed by atoms with Gasteiger partial charge in [0.2, 0.25) is 23.5 Å². The summed E-state index contributed by atoms with van der Waals surface area (Å²) in [6.07, 6.45) is -4.34. The van der Waals surface area contributed by atoms with Crippen molar-refractivity contribution in [3.8, 4) is 11.4 Å². The van der Waals surface area contributed by atoms with Gasteiger partial charge in [-0.05, 0) is 30.3 Å². The molecule has 2 amide bonds. The maximum atomic E-state index is 12.8. The van der Waals surface area contributed by atoms with Crippen molar-refractivity contribution in [3.63, 3.8) is 0 Å². The van der Waals surface area contributed by atoms with E-state index in [2.05, 4.69) is 20.8 Å². The molecular formula is C20H17F3N4O3. The van der Waals surface area contributed by atoms with E-state index < -0.39 is 11.7 Å². The molecule has 0 radical (unpaired) electrons. The van der Waals surface area contributed by atoms with Crippen LogP contribution in [-0.2, 0) is 22.2 Å². The Morgan fingerprint density at radius 3 is 2.43 bits per heavy atom. The summed E-state index contributed by atoms with van der Waals surface area (Å²) in [6.45, 7) is 1.38. The number of aryl methyl sites for hydroxylation is 1. The van der Waals surface area contributed by atoms with Crippen molar-refractivity contribution >= 4 is 23.2 Å². The summed E-state index contributed by atoms with van der Waals surface area (Å²) < 4.78 is 43.5. The summed E-state index contributed by atoms with van der Waals surface area (Å²) in [7, 11) is 0. The van der Waals surface area contributed by atoms with Crippen LogP contribution in [0, 0.1) is 0 Å². The summed E-state index contributed by atoms with van der Waals surface area (Å²) in [5, 5.41) is 8.98. The summed E-state index contributed by atoms with van der Waals surface area (Å²) in [5.41, 5.74) is 0.399. The largest absolute Gasteiger partial charge is 0.416 e. The van der Waals surface area contributed by atoms with E-state index in [1.54, 1.807) is 24.3 Å². The van der Waals surface area contributed by atoms with Gasteiger partial charge in [0.05, 0.1) is 5.56 Å². The molecule has 7 nitrogen and oxygen atoms in total. The predicted octanol–water partition coefficient (Wildman–Crippen LogP) is 4.29. The molecule has 10 heteroatoms. The van der Waals surface area contributed by atoms with Gasteiger partial charge in [-0.3, -0.25) is 9.59 Å². The van der Waals surface area contributed by atoms with Crippen LogP contribution in [0.4, 0.5) is 24.5 Å². The molecule has 1 heterocycles. The van der Waals surface area contributed by atoms with Crippen LogP contribution in [0.1, 0.15) is 24.8 Å². The van der Waals surface area contributed by atoms with Gasteiger partial charge in [0.1, 0.15) is 0 Å². The number of nitrogens with zero attached hydrogens (tertiary/aromatic N) is 2. The van der Waals surface area contributed by atoms with Gasteiger partial charge in [0, 0.05) is 36.7 Å². The first-order chi connectivity index (χ1) is 14.2. The molecule has 0 fully saturated rings. The minimum atomic E-state index is -4.47. The lowest BCUT2D eigenvalue weighted by atomic mass is 10.1. The number of nitrogens with one attached hydrogen (secondary N) is 2. The number of anilines is 2. The lowest BCUT2D eigenvalue weighted by Crippen LogP contribution is -2.13. The zero-order valence-corrected chi connectivity index (χ0v) is 15.8. The standard InChI is InChI=1S/C20H17F3N4O3/c1-12(28)24-15-6-3-7-16(11-15)25-17(29)8-9-18-26-19(27-30-18)13-4-2-5-14(10-13)20(21,22)23/h2-7,10-11H,8-9H2,1H3,(H,24,28)(H,25,29). The summed E-state index contributed by atoms with van der Waals surface area (Å²) >= 11 is 0. The van der Waals surface area contributed by atoms with Crippen molar-refractivity contribution in [1.82, 2.24) is 10.1 Å². The van der Waals surface area contributed by atoms with Crippen LogP contribution < -0.4 is 10.6 Å². The normalized spacial score (nSPS) is 11.2. The van der Waals surface area contributed by atoms with Gasteiger partial charge in [0.15, 0.2) is 0 Å². The molecule has 0 saturated carbocycles. The van der Waals surface area contributed by atoms with Crippen LogP contribution in [0.2, 0.25) is 0 Å². The second kappa shape index (κ2) is 8.76. The Labute approximate surface area is 169 Å². The highest BCUT2D eigenvalue weighted by Crippen LogP contribution is 2.31. The maximum absolute atomic E-state index is 12.8. The van der Waals surface area contributed by atoms with Crippen LogP contribution in [0.5, 0.6) is 0 Å². The van der Waals surface area contributed by atoms with E-state index in [1.807, 2.05) is 0 Å². The van der Waals surface area contributed by atoms with Crippen molar-refractivity contribution < 1.29 is 27.3 Å². The Morgan fingerprint density at radius 2 is 1.73 bits per heavy atom. The molecule has 1 aromatic heterocycles. The molecule has 2 aromatic carbocycles. The summed E-state index contributed by atoms with van der Waals surface area (Å²) in [6, 6.07) is 11.2. The van der Waals surface area contributed by atoms with Gasteiger partial charge in [-0.15, -0.1) is 0 Å². The van der Waals surface area contributed by atoms with Crippen molar-refractivity contribution in [2.24, 2.45) is 0 Å². The predicted molar refractivity (Wildman–Crippen MR) is 102 cm³/mol. The molecule has 0 atom stereocenters. The number of benzene rings is 2. The second-order valence-electron chi connectivity index (χ2n) is 6.40. The highest BCUT2D eigenvalue weighted by Gasteiger charge is 2.30. The van der Waals surface area contributed by atoms with E-state index in [4.69, 9.17) is 4.52 Å². The molecule has 3 rings (SSSR count). The molecule has 30 heavy (non-hydrogen) atoms. The third-order valence-corrected chi connectivity index (χ3v) is 3.95. The molecule has 3 aromatic rings. The second-order valence-corrected chi connectivity index (χ2v) is 6.40. The smallest absolute Gasteiger partial charge is 0.339 e. The quantitative estimate of drug-likeness (QED) is 0.623.